The van der Waals surface area contributed by atoms with Crippen LogP contribution in [-0.2, 0) is 4.74 Å². The summed E-state index contributed by atoms with van der Waals surface area (Å²) in [5.74, 6) is -0.897. The zero-order valence-corrected chi connectivity index (χ0v) is 14.6. The van der Waals surface area contributed by atoms with Crippen LogP contribution < -0.4 is 4.74 Å². The third-order valence-electron chi connectivity index (χ3n) is 3.52. The highest BCUT2D eigenvalue weighted by molar-refractivity contribution is 7.21. The maximum absolute atomic E-state index is 12.9. The standard InChI is InChI=1S/C18H12ClFO4S/c1-23-12-6-7-13-15(8-12)25-17(16(13)19)18(22)24-9-14(21)10-2-4-11(20)5-3-10/h2-8H,9H2,1H3. The Morgan fingerprint density at radius 1 is 1.16 bits per heavy atom. The van der Waals surface area contributed by atoms with Gasteiger partial charge in [-0.1, -0.05) is 11.6 Å². The summed E-state index contributed by atoms with van der Waals surface area (Å²) in [4.78, 5) is 24.4. The number of methoxy groups -OCH3 is 1. The van der Waals surface area contributed by atoms with Gasteiger partial charge in [-0.2, -0.15) is 0 Å². The number of hydrogen-bond acceptors (Lipinski definition) is 5. The number of fused-ring (bicyclic) bond motifs is 1. The van der Waals surface area contributed by atoms with Gasteiger partial charge in [0.25, 0.3) is 0 Å². The molecule has 3 aromatic rings. The first-order chi connectivity index (χ1) is 12.0. The fraction of sp³-hybridized carbons (Fsp3) is 0.111. The molecule has 7 heteroatoms. The van der Waals surface area contributed by atoms with Crippen LogP contribution in [0.15, 0.2) is 42.5 Å². The number of halogens is 2. The zero-order chi connectivity index (χ0) is 18.0. The molecule has 3 rings (SSSR count). The van der Waals surface area contributed by atoms with E-state index in [-0.39, 0.29) is 15.5 Å². The van der Waals surface area contributed by atoms with E-state index in [9.17, 15) is 14.0 Å². The van der Waals surface area contributed by atoms with E-state index in [2.05, 4.69) is 0 Å². The SMILES string of the molecule is COc1ccc2c(Cl)c(C(=O)OCC(=O)c3ccc(F)cc3)sc2c1. The van der Waals surface area contributed by atoms with Crippen molar-refractivity contribution in [2.75, 3.05) is 13.7 Å². The number of carbonyl (C=O) groups is 2. The molecule has 128 valence electrons. The lowest BCUT2D eigenvalue weighted by atomic mass is 10.1. The number of esters is 1. The van der Waals surface area contributed by atoms with Crippen molar-refractivity contribution < 1.29 is 23.5 Å². The molecule has 2 aromatic carbocycles. The number of rotatable bonds is 5. The van der Waals surface area contributed by atoms with Crippen LogP contribution >= 0.6 is 22.9 Å². The van der Waals surface area contributed by atoms with Crippen molar-refractivity contribution in [3.05, 3.63) is 63.7 Å². The summed E-state index contributed by atoms with van der Waals surface area (Å²) in [6, 6.07) is 10.3. The molecule has 0 spiro atoms. The van der Waals surface area contributed by atoms with Gasteiger partial charge in [0.2, 0.25) is 0 Å². The molecule has 0 unspecified atom stereocenters. The summed E-state index contributed by atoms with van der Waals surface area (Å²) in [6.45, 7) is -0.446. The van der Waals surface area contributed by atoms with Gasteiger partial charge >= 0.3 is 5.97 Å². The topological polar surface area (TPSA) is 52.6 Å². The molecule has 1 heterocycles. The van der Waals surface area contributed by atoms with Crippen LogP contribution in [0.2, 0.25) is 5.02 Å². The summed E-state index contributed by atoms with van der Waals surface area (Å²) in [7, 11) is 1.55. The van der Waals surface area contributed by atoms with E-state index < -0.39 is 24.2 Å². The third-order valence-corrected chi connectivity index (χ3v) is 5.16. The van der Waals surface area contributed by atoms with E-state index >= 15 is 0 Å². The summed E-state index contributed by atoms with van der Waals surface area (Å²) in [5.41, 5.74) is 0.265. The second-order valence-corrected chi connectivity index (χ2v) is 6.54. The van der Waals surface area contributed by atoms with Gasteiger partial charge in [0.05, 0.1) is 12.1 Å². The largest absolute Gasteiger partial charge is 0.497 e. The van der Waals surface area contributed by atoms with Crippen molar-refractivity contribution in [3.8, 4) is 5.75 Å². The van der Waals surface area contributed by atoms with Crippen molar-refractivity contribution in [2.24, 2.45) is 0 Å². The Morgan fingerprint density at radius 2 is 1.88 bits per heavy atom. The van der Waals surface area contributed by atoms with Crippen molar-refractivity contribution in [3.63, 3.8) is 0 Å². The molecule has 0 aliphatic carbocycles. The van der Waals surface area contributed by atoms with Crippen LogP contribution in [0.1, 0.15) is 20.0 Å². The number of benzene rings is 2. The van der Waals surface area contributed by atoms with Crippen molar-refractivity contribution in [1.82, 2.24) is 0 Å². The van der Waals surface area contributed by atoms with Crippen LogP contribution in [0.5, 0.6) is 5.75 Å². The van der Waals surface area contributed by atoms with E-state index in [0.717, 1.165) is 16.0 Å². The quantitative estimate of drug-likeness (QED) is 0.475. The highest BCUT2D eigenvalue weighted by atomic mass is 35.5. The summed E-state index contributed by atoms with van der Waals surface area (Å²) < 4.78 is 23.8. The predicted octanol–water partition coefficient (Wildman–Crippen LogP) is 4.74. The second-order valence-electron chi connectivity index (χ2n) is 5.11. The molecule has 0 aliphatic rings. The Morgan fingerprint density at radius 3 is 2.56 bits per heavy atom. The first-order valence-electron chi connectivity index (χ1n) is 7.21. The molecule has 4 nitrogen and oxygen atoms in total. The van der Waals surface area contributed by atoms with Gasteiger partial charge in [-0.25, -0.2) is 9.18 Å². The molecule has 0 saturated carbocycles. The van der Waals surface area contributed by atoms with Gasteiger partial charge in [-0.05, 0) is 42.5 Å². The van der Waals surface area contributed by atoms with Crippen LogP contribution in [0.25, 0.3) is 10.1 Å². The van der Waals surface area contributed by atoms with Gasteiger partial charge in [-0.15, -0.1) is 11.3 Å². The molecule has 0 atom stereocenters. The minimum atomic E-state index is -0.680. The molecular formula is C18H12ClFO4S. The Bertz CT molecular complexity index is 950. The average Bonchev–Trinajstić information content (AvgIpc) is 2.96. The number of thiophene rings is 1. The van der Waals surface area contributed by atoms with Gasteiger partial charge < -0.3 is 9.47 Å². The molecule has 25 heavy (non-hydrogen) atoms. The predicted molar refractivity (Wildman–Crippen MR) is 94.4 cm³/mol. The number of ether oxygens (including phenoxy) is 2. The van der Waals surface area contributed by atoms with Crippen molar-refractivity contribution in [2.45, 2.75) is 0 Å². The van der Waals surface area contributed by atoms with Crippen molar-refractivity contribution in [1.29, 1.82) is 0 Å². The Kier molecular flexibility index (Phi) is 5.01. The van der Waals surface area contributed by atoms with Crippen LogP contribution in [0.4, 0.5) is 4.39 Å². The average molecular weight is 379 g/mol. The first-order valence-corrected chi connectivity index (χ1v) is 8.41. The molecule has 0 bridgehead atoms. The molecule has 0 radical (unpaired) electrons. The molecule has 1 aromatic heterocycles. The van der Waals surface area contributed by atoms with Gasteiger partial charge in [0, 0.05) is 15.6 Å². The number of hydrogen-bond donors (Lipinski definition) is 0. The molecular weight excluding hydrogens is 367 g/mol. The smallest absolute Gasteiger partial charge is 0.350 e. The zero-order valence-electron chi connectivity index (χ0n) is 13.0. The van der Waals surface area contributed by atoms with E-state index in [1.807, 2.05) is 0 Å². The van der Waals surface area contributed by atoms with E-state index in [1.165, 1.54) is 24.3 Å². The maximum Gasteiger partial charge on any atom is 0.350 e. The van der Waals surface area contributed by atoms with Gasteiger partial charge in [0.1, 0.15) is 16.4 Å². The molecule has 0 amide bonds. The van der Waals surface area contributed by atoms with Crippen LogP contribution in [0, 0.1) is 5.82 Å². The minimum Gasteiger partial charge on any atom is -0.497 e. The lowest BCUT2D eigenvalue weighted by Gasteiger charge is -2.03. The van der Waals surface area contributed by atoms with Crippen molar-refractivity contribution >= 4 is 44.8 Å². The van der Waals surface area contributed by atoms with E-state index in [0.29, 0.717) is 11.1 Å². The Balaban J connectivity index is 1.74. The molecule has 0 N–H and O–H groups in total. The van der Waals surface area contributed by atoms with Gasteiger partial charge in [-0.3, -0.25) is 4.79 Å². The Labute approximate surface area is 151 Å². The lowest BCUT2D eigenvalue weighted by Crippen LogP contribution is -2.13. The monoisotopic (exact) mass is 378 g/mol. The fourth-order valence-electron chi connectivity index (χ4n) is 2.22. The normalized spacial score (nSPS) is 10.7. The summed E-state index contributed by atoms with van der Waals surface area (Å²) in [6.07, 6.45) is 0. The number of Topliss-reactive ketones (excluding diaryl/α,β-unsaturated/α-hetero) is 1. The number of ketones is 1. The minimum absolute atomic E-state index is 0.219. The first kappa shape index (κ1) is 17.4. The lowest BCUT2D eigenvalue weighted by molar-refractivity contribution is 0.0480. The van der Waals surface area contributed by atoms with Gasteiger partial charge in [0.15, 0.2) is 12.4 Å². The van der Waals surface area contributed by atoms with E-state index in [1.54, 1.807) is 25.3 Å². The summed E-state index contributed by atoms with van der Waals surface area (Å²) >= 11 is 7.40. The summed E-state index contributed by atoms with van der Waals surface area (Å²) in [5, 5.41) is 0.992. The van der Waals surface area contributed by atoms with E-state index in [4.69, 9.17) is 21.1 Å². The van der Waals surface area contributed by atoms with Crippen LogP contribution in [0.3, 0.4) is 0 Å². The molecule has 0 saturated heterocycles. The van der Waals surface area contributed by atoms with Crippen LogP contribution in [-0.4, -0.2) is 25.5 Å². The third kappa shape index (κ3) is 3.65. The fourth-order valence-corrected chi connectivity index (χ4v) is 3.65. The highest BCUT2D eigenvalue weighted by Crippen LogP contribution is 2.37. The molecule has 0 aliphatic heterocycles. The highest BCUT2D eigenvalue weighted by Gasteiger charge is 2.20. The Hall–Kier alpha value is -2.44. The second kappa shape index (κ2) is 7.21. The number of carbonyl (C=O) groups excluding carboxylic acids is 2. The molecule has 0 fully saturated rings. The maximum atomic E-state index is 12.9.